The SMILES string of the molecule is N=C=CCCCCCCCCCCBr. The Labute approximate surface area is 96.6 Å². The van der Waals surface area contributed by atoms with Crippen molar-refractivity contribution >= 4 is 21.8 Å². The summed E-state index contributed by atoms with van der Waals surface area (Å²) in [6, 6.07) is 0. The lowest BCUT2D eigenvalue weighted by Crippen LogP contribution is -1.81. The van der Waals surface area contributed by atoms with Gasteiger partial charge in [0, 0.05) is 5.33 Å². The molecule has 0 amide bonds. The van der Waals surface area contributed by atoms with E-state index in [9.17, 15) is 0 Å². The van der Waals surface area contributed by atoms with E-state index in [-0.39, 0.29) is 0 Å². The molecule has 0 unspecified atom stereocenters. The highest BCUT2D eigenvalue weighted by molar-refractivity contribution is 9.09. The lowest BCUT2D eigenvalue weighted by atomic mass is 10.1. The molecule has 0 bridgehead atoms. The summed E-state index contributed by atoms with van der Waals surface area (Å²) in [5.74, 6) is 2.31. The molecule has 0 heterocycles. The van der Waals surface area contributed by atoms with E-state index < -0.39 is 0 Å². The van der Waals surface area contributed by atoms with Crippen LogP contribution >= 0.6 is 15.9 Å². The van der Waals surface area contributed by atoms with Crippen molar-refractivity contribution in [3.8, 4) is 0 Å². The van der Waals surface area contributed by atoms with Gasteiger partial charge in [0.2, 0.25) is 0 Å². The smallest absolute Gasteiger partial charge is 0.00313 e. The number of alkyl halides is 1. The number of rotatable bonds is 10. The second kappa shape index (κ2) is 12.9. The zero-order valence-electron chi connectivity index (χ0n) is 9.03. The summed E-state index contributed by atoms with van der Waals surface area (Å²) in [7, 11) is 0. The molecular weight excluding hydrogens is 238 g/mol. The maximum Gasteiger partial charge on any atom is 0.00313 e. The van der Waals surface area contributed by atoms with Crippen molar-refractivity contribution < 1.29 is 0 Å². The van der Waals surface area contributed by atoms with Crippen LogP contribution in [0, 0.1) is 5.41 Å². The van der Waals surface area contributed by atoms with Crippen molar-refractivity contribution in [2.75, 3.05) is 5.33 Å². The van der Waals surface area contributed by atoms with Crippen LogP contribution in [-0.2, 0) is 0 Å². The fourth-order valence-corrected chi connectivity index (χ4v) is 1.87. The van der Waals surface area contributed by atoms with Crippen molar-refractivity contribution in [3.05, 3.63) is 6.08 Å². The molecule has 0 radical (unpaired) electrons. The van der Waals surface area contributed by atoms with E-state index in [1.54, 1.807) is 0 Å². The van der Waals surface area contributed by atoms with Crippen LogP contribution < -0.4 is 0 Å². The van der Waals surface area contributed by atoms with E-state index in [0.717, 1.165) is 11.8 Å². The maximum atomic E-state index is 6.70. The lowest BCUT2D eigenvalue weighted by Gasteiger charge is -1.99. The first-order valence-electron chi connectivity index (χ1n) is 5.71. The Kier molecular flexibility index (Phi) is 12.9. The molecule has 0 fully saturated rings. The van der Waals surface area contributed by atoms with E-state index in [4.69, 9.17) is 5.41 Å². The highest BCUT2D eigenvalue weighted by Gasteiger charge is 1.90. The molecule has 0 aliphatic carbocycles. The van der Waals surface area contributed by atoms with Gasteiger partial charge in [-0.1, -0.05) is 54.5 Å². The van der Waals surface area contributed by atoms with Gasteiger partial charge in [0.15, 0.2) is 0 Å². The number of hydrogen-bond acceptors (Lipinski definition) is 1. The van der Waals surface area contributed by atoms with Crippen LogP contribution in [0.4, 0.5) is 0 Å². The van der Waals surface area contributed by atoms with Gasteiger partial charge in [-0.15, -0.1) is 0 Å². The first kappa shape index (κ1) is 13.9. The van der Waals surface area contributed by atoms with Gasteiger partial charge in [-0.25, -0.2) is 0 Å². The van der Waals surface area contributed by atoms with E-state index in [1.807, 2.05) is 6.08 Å². The molecule has 0 aliphatic heterocycles. The van der Waals surface area contributed by atoms with Gasteiger partial charge in [0.1, 0.15) is 0 Å². The molecule has 2 heteroatoms. The summed E-state index contributed by atoms with van der Waals surface area (Å²) >= 11 is 3.44. The maximum absolute atomic E-state index is 6.70. The largest absolute Gasteiger partial charge is 0.259 e. The van der Waals surface area contributed by atoms with Crippen molar-refractivity contribution in [1.29, 1.82) is 5.41 Å². The molecule has 0 saturated heterocycles. The quantitative estimate of drug-likeness (QED) is 0.334. The van der Waals surface area contributed by atoms with Crippen LogP contribution in [0.5, 0.6) is 0 Å². The Morgan fingerprint density at radius 3 is 1.86 bits per heavy atom. The van der Waals surface area contributed by atoms with Crippen molar-refractivity contribution in [3.63, 3.8) is 0 Å². The Morgan fingerprint density at radius 2 is 1.36 bits per heavy atom. The number of nitrogens with one attached hydrogen (secondary N) is 1. The Balaban J connectivity index is 2.88. The minimum Gasteiger partial charge on any atom is -0.259 e. The fourth-order valence-electron chi connectivity index (χ4n) is 1.47. The third-order valence-electron chi connectivity index (χ3n) is 2.33. The van der Waals surface area contributed by atoms with Gasteiger partial charge < -0.3 is 0 Å². The average Bonchev–Trinajstić information content (AvgIpc) is 2.21. The molecule has 0 saturated carbocycles. The van der Waals surface area contributed by atoms with E-state index in [2.05, 4.69) is 21.8 Å². The van der Waals surface area contributed by atoms with Gasteiger partial charge >= 0.3 is 0 Å². The van der Waals surface area contributed by atoms with Crippen molar-refractivity contribution in [2.45, 2.75) is 57.8 Å². The van der Waals surface area contributed by atoms with Crippen molar-refractivity contribution in [1.82, 2.24) is 0 Å². The molecular formula is C12H22BrN. The third-order valence-corrected chi connectivity index (χ3v) is 2.89. The van der Waals surface area contributed by atoms with Crippen LogP contribution in [0.3, 0.4) is 0 Å². The van der Waals surface area contributed by atoms with Gasteiger partial charge in [0.05, 0.1) is 0 Å². The predicted octanol–water partition coefficient (Wildman–Crippen LogP) is 4.70. The van der Waals surface area contributed by atoms with Crippen molar-refractivity contribution in [2.24, 2.45) is 0 Å². The first-order valence-corrected chi connectivity index (χ1v) is 6.84. The summed E-state index contributed by atoms with van der Waals surface area (Å²) in [6.07, 6.45) is 13.6. The summed E-state index contributed by atoms with van der Waals surface area (Å²) in [5, 5.41) is 7.86. The molecule has 82 valence electrons. The minimum absolute atomic E-state index is 1.03. The molecule has 0 aromatic heterocycles. The number of allylic oxidation sites excluding steroid dienone is 1. The van der Waals surface area contributed by atoms with Gasteiger partial charge in [-0.05, 0) is 31.2 Å². The summed E-state index contributed by atoms with van der Waals surface area (Å²) < 4.78 is 0. The third kappa shape index (κ3) is 11.9. The number of halogens is 1. The summed E-state index contributed by atoms with van der Waals surface area (Å²) in [6.45, 7) is 0. The van der Waals surface area contributed by atoms with Crippen LogP contribution in [-0.4, -0.2) is 11.2 Å². The minimum atomic E-state index is 1.03. The number of unbranched alkanes of at least 4 members (excludes halogenated alkanes) is 8. The van der Waals surface area contributed by atoms with Gasteiger partial charge in [-0.2, -0.15) is 0 Å². The zero-order chi connectivity index (χ0) is 10.5. The second-order valence-electron chi connectivity index (χ2n) is 3.65. The average molecular weight is 260 g/mol. The molecule has 0 aliphatic rings. The Hall–Kier alpha value is -0.0700. The number of hydrogen-bond donors (Lipinski definition) is 1. The van der Waals surface area contributed by atoms with Gasteiger partial charge in [-0.3, -0.25) is 5.41 Å². The fraction of sp³-hybridized carbons (Fsp3) is 0.833. The molecule has 0 spiro atoms. The first-order chi connectivity index (χ1) is 6.91. The molecule has 0 rings (SSSR count). The standard InChI is InChI=1S/C12H22BrN/c13-11-9-7-5-3-1-2-4-6-8-10-12-14/h10,14H,1-9,11H2. The van der Waals surface area contributed by atoms with E-state index in [1.165, 1.54) is 51.4 Å². The monoisotopic (exact) mass is 259 g/mol. The van der Waals surface area contributed by atoms with Crippen LogP contribution in [0.25, 0.3) is 0 Å². The molecule has 0 aromatic carbocycles. The summed E-state index contributed by atoms with van der Waals surface area (Å²) in [4.78, 5) is 0. The molecule has 0 aromatic rings. The van der Waals surface area contributed by atoms with E-state index in [0.29, 0.717) is 0 Å². The lowest BCUT2D eigenvalue weighted by molar-refractivity contribution is 0.579. The molecule has 1 nitrogen and oxygen atoms in total. The predicted molar refractivity (Wildman–Crippen MR) is 67.6 cm³/mol. The van der Waals surface area contributed by atoms with E-state index >= 15 is 0 Å². The highest BCUT2D eigenvalue weighted by Crippen LogP contribution is 2.10. The highest BCUT2D eigenvalue weighted by atomic mass is 79.9. The zero-order valence-corrected chi connectivity index (χ0v) is 10.6. The van der Waals surface area contributed by atoms with Crippen LogP contribution in [0.15, 0.2) is 6.08 Å². The second-order valence-corrected chi connectivity index (χ2v) is 4.45. The normalized spacial score (nSPS) is 9.79. The molecule has 1 N–H and O–H groups in total. The van der Waals surface area contributed by atoms with Gasteiger partial charge in [0.25, 0.3) is 0 Å². The molecule has 14 heavy (non-hydrogen) atoms. The topological polar surface area (TPSA) is 23.9 Å². The summed E-state index contributed by atoms with van der Waals surface area (Å²) in [5.41, 5.74) is 0. The molecule has 0 atom stereocenters. The van der Waals surface area contributed by atoms with Crippen LogP contribution in [0.1, 0.15) is 57.8 Å². The Bertz CT molecular complexity index is 150. The van der Waals surface area contributed by atoms with Crippen LogP contribution in [0.2, 0.25) is 0 Å². The Morgan fingerprint density at radius 1 is 0.857 bits per heavy atom.